The van der Waals surface area contributed by atoms with Crippen LogP contribution in [0.25, 0.3) is 0 Å². The second kappa shape index (κ2) is 9.14. The molecule has 7 nitrogen and oxygen atoms in total. The van der Waals surface area contributed by atoms with Gasteiger partial charge in [-0.3, -0.25) is 9.78 Å². The molecule has 3 heterocycles. The number of ether oxygens (including phenoxy) is 1. The van der Waals surface area contributed by atoms with Crippen molar-refractivity contribution < 1.29 is 9.53 Å². The van der Waals surface area contributed by atoms with E-state index < -0.39 is 0 Å². The van der Waals surface area contributed by atoms with Crippen molar-refractivity contribution in [1.82, 2.24) is 20.3 Å². The molecule has 0 saturated carbocycles. The molecular formula is C22H23N5O2. The first kappa shape index (κ1) is 18.9. The van der Waals surface area contributed by atoms with E-state index in [1.807, 2.05) is 42.5 Å². The van der Waals surface area contributed by atoms with Crippen molar-refractivity contribution >= 4 is 11.7 Å². The van der Waals surface area contributed by atoms with E-state index in [2.05, 4.69) is 25.2 Å². The lowest BCUT2D eigenvalue weighted by atomic mass is 9.96. The van der Waals surface area contributed by atoms with E-state index in [0.29, 0.717) is 18.2 Å². The molecule has 1 aliphatic heterocycles. The minimum atomic E-state index is -0.00177. The van der Waals surface area contributed by atoms with Gasteiger partial charge in [-0.15, -0.1) is 0 Å². The zero-order chi connectivity index (χ0) is 19.9. The molecule has 4 rings (SSSR count). The summed E-state index contributed by atoms with van der Waals surface area (Å²) in [4.78, 5) is 27.6. The number of nitrogens with zero attached hydrogens (tertiary/aromatic N) is 4. The van der Waals surface area contributed by atoms with Gasteiger partial charge >= 0.3 is 0 Å². The van der Waals surface area contributed by atoms with E-state index in [4.69, 9.17) is 4.74 Å². The molecule has 7 heteroatoms. The van der Waals surface area contributed by atoms with Gasteiger partial charge in [-0.05, 0) is 36.6 Å². The van der Waals surface area contributed by atoms with Crippen molar-refractivity contribution in [2.45, 2.75) is 19.4 Å². The van der Waals surface area contributed by atoms with Crippen molar-refractivity contribution in [2.24, 2.45) is 5.92 Å². The Bertz CT molecular complexity index is 928. The van der Waals surface area contributed by atoms with Crippen LogP contribution in [0.4, 0.5) is 5.82 Å². The Morgan fingerprint density at radius 2 is 1.83 bits per heavy atom. The quantitative estimate of drug-likeness (QED) is 0.697. The smallest absolute Gasteiger partial charge is 0.263 e. The molecule has 3 aromatic rings. The Kier molecular flexibility index (Phi) is 5.95. The van der Waals surface area contributed by atoms with Crippen molar-refractivity contribution in [2.75, 3.05) is 18.0 Å². The van der Waals surface area contributed by atoms with Gasteiger partial charge in [-0.2, -0.15) is 0 Å². The predicted octanol–water partition coefficient (Wildman–Crippen LogP) is 3.20. The van der Waals surface area contributed by atoms with E-state index in [9.17, 15) is 4.79 Å². The Morgan fingerprint density at radius 3 is 2.59 bits per heavy atom. The van der Waals surface area contributed by atoms with Crippen molar-refractivity contribution in [3.63, 3.8) is 0 Å². The standard InChI is InChI=1S/C22H23N5O2/c28-21(26-16-17-5-4-10-23-15-17)18-8-13-27(14-9-18)20-22(25-12-11-24-20)29-19-6-2-1-3-7-19/h1-7,10-12,15,18H,8-9,13-14,16H2,(H,26,28). The first-order chi connectivity index (χ1) is 14.3. The second-order valence-electron chi connectivity index (χ2n) is 6.94. The van der Waals surface area contributed by atoms with E-state index in [1.165, 1.54) is 0 Å². The van der Waals surface area contributed by atoms with Crippen LogP contribution in [0.2, 0.25) is 0 Å². The lowest BCUT2D eigenvalue weighted by Gasteiger charge is -2.32. The summed E-state index contributed by atoms with van der Waals surface area (Å²) in [6.45, 7) is 1.97. The molecule has 148 valence electrons. The monoisotopic (exact) mass is 389 g/mol. The van der Waals surface area contributed by atoms with Crippen molar-refractivity contribution in [3.8, 4) is 11.6 Å². The zero-order valence-electron chi connectivity index (χ0n) is 16.1. The number of anilines is 1. The third-order valence-corrected chi connectivity index (χ3v) is 4.96. The largest absolute Gasteiger partial charge is 0.436 e. The lowest BCUT2D eigenvalue weighted by Crippen LogP contribution is -2.40. The number of amides is 1. The van der Waals surface area contributed by atoms with Crippen LogP contribution in [0.1, 0.15) is 18.4 Å². The predicted molar refractivity (Wildman–Crippen MR) is 110 cm³/mol. The Labute approximate surface area is 169 Å². The molecular weight excluding hydrogens is 366 g/mol. The summed E-state index contributed by atoms with van der Waals surface area (Å²) in [6.07, 6.45) is 8.31. The van der Waals surface area contributed by atoms with Crippen LogP contribution in [-0.2, 0) is 11.3 Å². The fourth-order valence-corrected chi connectivity index (χ4v) is 3.40. The zero-order valence-corrected chi connectivity index (χ0v) is 16.1. The summed E-state index contributed by atoms with van der Waals surface area (Å²) in [5.74, 6) is 2.01. The van der Waals surface area contributed by atoms with Gasteiger partial charge in [0.05, 0.1) is 0 Å². The van der Waals surface area contributed by atoms with Crippen molar-refractivity contribution in [3.05, 3.63) is 72.8 Å². The summed E-state index contributed by atoms with van der Waals surface area (Å²) in [5.41, 5.74) is 1.00. The van der Waals surface area contributed by atoms with Crippen LogP contribution in [0, 0.1) is 5.92 Å². The number of carbonyl (C=O) groups excluding carboxylic acids is 1. The minimum absolute atomic E-state index is 0.00177. The van der Waals surface area contributed by atoms with Gasteiger partial charge < -0.3 is 15.0 Å². The van der Waals surface area contributed by atoms with Crippen LogP contribution in [0.5, 0.6) is 11.6 Å². The van der Waals surface area contributed by atoms with Gasteiger partial charge in [-0.1, -0.05) is 24.3 Å². The number of nitrogens with one attached hydrogen (secondary N) is 1. The fourth-order valence-electron chi connectivity index (χ4n) is 3.40. The van der Waals surface area contributed by atoms with Gasteiger partial charge in [0.25, 0.3) is 5.88 Å². The Morgan fingerprint density at radius 1 is 1.03 bits per heavy atom. The molecule has 1 saturated heterocycles. The molecule has 0 aliphatic carbocycles. The number of hydrogen-bond donors (Lipinski definition) is 1. The number of carbonyl (C=O) groups is 1. The van der Waals surface area contributed by atoms with Gasteiger partial charge in [-0.25, -0.2) is 9.97 Å². The molecule has 0 unspecified atom stereocenters. The molecule has 1 N–H and O–H groups in total. The highest BCUT2D eigenvalue weighted by Crippen LogP contribution is 2.30. The Hall–Kier alpha value is -3.48. The van der Waals surface area contributed by atoms with E-state index >= 15 is 0 Å². The summed E-state index contributed by atoms with van der Waals surface area (Å²) >= 11 is 0. The highest BCUT2D eigenvalue weighted by molar-refractivity contribution is 5.79. The van der Waals surface area contributed by atoms with Crippen LogP contribution in [-0.4, -0.2) is 33.9 Å². The summed E-state index contributed by atoms with van der Waals surface area (Å²) in [6, 6.07) is 13.4. The van der Waals surface area contributed by atoms with E-state index in [-0.39, 0.29) is 11.8 Å². The molecule has 1 aromatic carbocycles. The van der Waals surface area contributed by atoms with E-state index in [0.717, 1.165) is 37.2 Å². The maximum atomic E-state index is 12.5. The topological polar surface area (TPSA) is 80.2 Å². The van der Waals surface area contributed by atoms with Gasteiger partial charge in [0, 0.05) is 50.3 Å². The molecule has 0 atom stereocenters. The van der Waals surface area contributed by atoms with Gasteiger partial charge in [0.2, 0.25) is 5.91 Å². The van der Waals surface area contributed by atoms with Gasteiger partial charge in [0.15, 0.2) is 5.82 Å². The maximum absolute atomic E-state index is 12.5. The Balaban J connectivity index is 1.34. The molecule has 1 aliphatic rings. The van der Waals surface area contributed by atoms with Crippen LogP contribution >= 0.6 is 0 Å². The summed E-state index contributed by atoms with van der Waals surface area (Å²) in [5, 5.41) is 3.02. The summed E-state index contributed by atoms with van der Waals surface area (Å²) < 4.78 is 5.92. The fraction of sp³-hybridized carbons (Fsp3) is 0.273. The molecule has 1 fully saturated rings. The third kappa shape index (κ3) is 4.87. The minimum Gasteiger partial charge on any atom is -0.436 e. The number of para-hydroxylation sites is 1. The maximum Gasteiger partial charge on any atom is 0.263 e. The normalized spacial score (nSPS) is 14.4. The van der Waals surface area contributed by atoms with E-state index in [1.54, 1.807) is 24.8 Å². The molecule has 0 radical (unpaired) electrons. The average molecular weight is 389 g/mol. The van der Waals surface area contributed by atoms with Gasteiger partial charge in [0.1, 0.15) is 5.75 Å². The number of hydrogen-bond acceptors (Lipinski definition) is 6. The first-order valence-corrected chi connectivity index (χ1v) is 9.75. The van der Waals surface area contributed by atoms with Crippen LogP contribution < -0.4 is 15.0 Å². The molecule has 2 aromatic heterocycles. The number of pyridine rings is 1. The van der Waals surface area contributed by atoms with Crippen LogP contribution in [0.15, 0.2) is 67.3 Å². The third-order valence-electron chi connectivity index (χ3n) is 4.96. The molecule has 0 spiro atoms. The molecule has 0 bridgehead atoms. The molecule has 1 amide bonds. The number of piperidine rings is 1. The lowest BCUT2D eigenvalue weighted by molar-refractivity contribution is -0.125. The number of benzene rings is 1. The highest BCUT2D eigenvalue weighted by Gasteiger charge is 2.27. The van der Waals surface area contributed by atoms with Crippen LogP contribution in [0.3, 0.4) is 0 Å². The average Bonchev–Trinajstić information content (AvgIpc) is 2.79. The number of aromatic nitrogens is 3. The summed E-state index contributed by atoms with van der Waals surface area (Å²) in [7, 11) is 0. The highest BCUT2D eigenvalue weighted by atomic mass is 16.5. The first-order valence-electron chi connectivity index (χ1n) is 9.75. The SMILES string of the molecule is O=C(NCc1cccnc1)C1CCN(c2nccnc2Oc2ccccc2)CC1. The molecule has 29 heavy (non-hydrogen) atoms. The number of rotatable bonds is 6. The second-order valence-corrected chi connectivity index (χ2v) is 6.94. The van der Waals surface area contributed by atoms with Crippen molar-refractivity contribution in [1.29, 1.82) is 0 Å².